The zero-order valence-electron chi connectivity index (χ0n) is 9.70. The van der Waals surface area contributed by atoms with E-state index in [1.807, 2.05) is 11.0 Å². The quantitative estimate of drug-likeness (QED) is 0.704. The average molecular weight is 211 g/mol. The number of carbonyl (C=O) groups excluding carboxylic acids is 1. The van der Waals surface area contributed by atoms with Crippen molar-refractivity contribution in [3.63, 3.8) is 0 Å². The Morgan fingerprint density at radius 2 is 2.13 bits per heavy atom. The van der Waals surface area contributed by atoms with Crippen LogP contribution in [0.2, 0.25) is 0 Å². The molecule has 1 fully saturated rings. The van der Waals surface area contributed by atoms with Gasteiger partial charge in [0, 0.05) is 39.8 Å². The second-order valence-corrected chi connectivity index (χ2v) is 4.14. The van der Waals surface area contributed by atoms with E-state index in [1.54, 1.807) is 19.0 Å². The van der Waals surface area contributed by atoms with E-state index >= 15 is 0 Å². The van der Waals surface area contributed by atoms with Crippen LogP contribution in [0.5, 0.6) is 0 Å². The van der Waals surface area contributed by atoms with Gasteiger partial charge in [0.1, 0.15) is 0 Å². The Morgan fingerprint density at radius 1 is 1.53 bits per heavy atom. The molecule has 0 aromatic rings. The summed E-state index contributed by atoms with van der Waals surface area (Å²) in [7, 11) is 3.59. The van der Waals surface area contributed by atoms with E-state index in [0.717, 1.165) is 32.5 Å². The molecule has 86 valence electrons. The standard InChI is InChI=1S/C11H21N3O/c1-4-7-12-10-5-8-14(9-6-10)11(15)13(2)3/h4,10,12H,1,5-9H2,2-3H3. The van der Waals surface area contributed by atoms with Gasteiger partial charge in [0.25, 0.3) is 0 Å². The third kappa shape index (κ3) is 3.55. The van der Waals surface area contributed by atoms with E-state index in [9.17, 15) is 4.79 Å². The molecule has 0 aliphatic carbocycles. The molecule has 0 bridgehead atoms. The molecule has 4 nitrogen and oxygen atoms in total. The number of carbonyl (C=O) groups is 1. The summed E-state index contributed by atoms with van der Waals surface area (Å²) >= 11 is 0. The average Bonchev–Trinajstić information content (AvgIpc) is 2.26. The summed E-state index contributed by atoms with van der Waals surface area (Å²) in [4.78, 5) is 15.2. The summed E-state index contributed by atoms with van der Waals surface area (Å²) in [5.41, 5.74) is 0. The van der Waals surface area contributed by atoms with Gasteiger partial charge in [0.2, 0.25) is 0 Å². The highest BCUT2D eigenvalue weighted by Gasteiger charge is 2.22. The molecule has 0 radical (unpaired) electrons. The minimum Gasteiger partial charge on any atom is -0.331 e. The molecular weight excluding hydrogens is 190 g/mol. The van der Waals surface area contributed by atoms with E-state index in [4.69, 9.17) is 0 Å². The van der Waals surface area contributed by atoms with Gasteiger partial charge in [-0.2, -0.15) is 0 Å². The Balaban J connectivity index is 2.29. The number of nitrogens with one attached hydrogen (secondary N) is 1. The third-order valence-electron chi connectivity index (χ3n) is 2.70. The van der Waals surface area contributed by atoms with Crippen molar-refractivity contribution in [3.8, 4) is 0 Å². The van der Waals surface area contributed by atoms with Crippen LogP contribution in [0.15, 0.2) is 12.7 Å². The van der Waals surface area contributed by atoms with Gasteiger partial charge in [-0.3, -0.25) is 0 Å². The second kappa shape index (κ2) is 5.75. The molecule has 15 heavy (non-hydrogen) atoms. The Bertz CT molecular complexity index is 220. The fourth-order valence-electron chi connectivity index (χ4n) is 1.81. The summed E-state index contributed by atoms with van der Waals surface area (Å²) in [5.74, 6) is 0. The first kappa shape index (κ1) is 12.0. The van der Waals surface area contributed by atoms with Crippen molar-refractivity contribution >= 4 is 6.03 Å². The first-order valence-electron chi connectivity index (χ1n) is 5.45. The van der Waals surface area contributed by atoms with Crippen molar-refractivity contribution in [1.82, 2.24) is 15.1 Å². The van der Waals surface area contributed by atoms with Crippen molar-refractivity contribution < 1.29 is 4.79 Å². The van der Waals surface area contributed by atoms with Gasteiger partial charge in [-0.15, -0.1) is 6.58 Å². The van der Waals surface area contributed by atoms with E-state index in [1.165, 1.54) is 0 Å². The van der Waals surface area contributed by atoms with Crippen LogP contribution in [0, 0.1) is 0 Å². The molecule has 1 aliphatic rings. The van der Waals surface area contributed by atoms with Crippen molar-refractivity contribution in [2.24, 2.45) is 0 Å². The first-order chi connectivity index (χ1) is 7.15. The number of hydrogen-bond acceptors (Lipinski definition) is 2. The van der Waals surface area contributed by atoms with Crippen LogP contribution in [0.1, 0.15) is 12.8 Å². The predicted molar refractivity (Wildman–Crippen MR) is 61.9 cm³/mol. The summed E-state index contributed by atoms with van der Waals surface area (Å²) in [5, 5.41) is 3.39. The van der Waals surface area contributed by atoms with Crippen molar-refractivity contribution in [3.05, 3.63) is 12.7 Å². The number of amides is 2. The van der Waals surface area contributed by atoms with Crippen LogP contribution in [0.4, 0.5) is 4.79 Å². The van der Waals surface area contributed by atoms with Gasteiger partial charge in [-0.05, 0) is 12.8 Å². The number of nitrogens with zero attached hydrogens (tertiary/aromatic N) is 2. The van der Waals surface area contributed by atoms with Gasteiger partial charge in [-0.1, -0.05) is 6.08 Å². The zero-order valence-corrected chi connectivity index (χ0v) is 9.70. The van der Waals surface area contributed by atoms with Gasteiger partial charge >= 0.3 is 6.03 Å². The third-order valence-corrected chi connectivity index (χ3v) is 2.70. The van der Waals surface area contributed by atoms with Crippen molar-refractivity contribution in [1.29, 1.82) is 0 Å². The number of rotatable bonds is 3. The normalized spacial score (nSPS) is 17.6. The molecule has 1 heterocycles. The van der Waals surface area contributed by atoms with Crippen LogP contribution in [-0.4, -0.2) is 55.6 Å². The van der Waals surface area contributed by atoms with Crippen molar-refractivity contribution in [2.45, 2.75) is 18.9 Å². The van der Waals surface area contributed by atoms with Gasteiger partial charge in [-0.25, -0.2) is 4.79 Å². The molecule has 0 unspecified atom stereocenters. The number of piperidine rings is 1. The molecule has 0 aromatic heterocycles. The topological polar surface area (TPSA) is 35.6 Å². The Kier molecular flexibility index (Phi) is 4.62. The van der Waals surface area contributed by atoms with Crippen molar-refractivity contribution in [2.75, 3.05) is 33.7 Å². The van der Waals surface area contributed by atoms with E-state index in [2.05, 4.69) is 11.9 Å². The highest BCUT2D eigenvalue weighted by atomic mass is 16.2. The Labute approximate surface area is 91.9 Å². The maximum Gasteiger partial charge on any atom is 0.319 e. The Hall–Kier alpha value is -1.03. The smallest absolute Gasteiger partial charge is 0.319 e. The van der Waals surface area contributed by atoms with E-state index in [0.29, 0.717) is 6.04 Å². The van der Waals surface area contributed by atoms with Crippen LogP contribution in [-0.2, 0) is 0 Å². The molecule has 0 spiro atoms. The van der Waals surface area contributed by atoms with Crippen LogP contribution >= 0.6 is 0 Å². The maximum absolute atomic E-state index is 11.6. The van der Waals surface area contributed by atoms with E-state index < -0.39 is 0 Å². The highest BCUT2D eigenvalue weighted by Crippen LogP contribution is 2.11. The molecule has 1 N–H and O–H groups in total. The lowest BCUT2D eigenvalue weighted by Crippen LogP contribution is -2.48. The van der Waals surface area contributed by atoms with Gasteiger partial charge < -0.3 is 15.1 Å². The number of likely N-dealkylation sites (tertiary alicyclic amines) is 1. The molecule has 0 saturated carbocycles. The molecule has 0 aromatic carbocycles. The number of hydrogen-bond donors (Lipinski definition) is 1. The van der Waals surface area contributed by atoms with E-state index in [-0.39, 0.29) is 6.03 Å². The number of urea groups is 1. The molecule has 1 aliphatic heterocycles. The maximum atomic E-state index is 11.6. The fraction of sp³-hybridized carbons (Fsp3) is 0.727. The Morgan fingerprint density at radius 3 is 2.60 bits per heavy atom. The zero-order chi connectivity index (χ0) is 11.3. The minimum atomic E-state index is 0.122. The van der Waals surface area contributed by atoms with Crippen LogP contribution in [0.3, 0.4) is 0 Å². The van der Waals surface area contributed by atoms with Gasteiger partial charge in [0.05, 0.1) is 0 Å². The van der Waals surface area contributed by atoms with Crippen LogP contribution in [0.25, 0.3) is 0 Å². The van der Waals surface area contributed by atoms with Crippen LogP contribution < -0.4 is 5.32 Å². The summed E-state index contributed by atoms with van der Waals surface area (Å²) in [6.45, 7) is 6.24. The first-order valence-corrected chi connectivity index (χ1v) is 5.45. The molecule has 1 saturated heterocycles. The lowest BCUT2D eigenvalue weighted by Gasteiger charge is -2.33. The second-order valence-electron chi connectivity index (χ2n) is 4.14. The summed E-state index contributed by atoms with van der Waals surface area (Å²) in [6.07, 6.45) is 3.94. The lowest BCUT2D eigenvalue weighted by molar-refractivity contribution is 0.153. The largest absolute Gasteiger partial charge is 0.331 e. The molecule has 1 rings (SSSR count). The molecule has 4 heteroatoms. The molecule has 0 atom stereocenters. The summed E-state index contributed by atoms with van der Waals surface area (Å²) < 4.78 is 0. The monoisotopic (exact) mass is 211 g/mol. The predicted octanol–water partition coefficient (Wildman–Crippen LogP) is 0.908. The lowest BCUT2D eigenvalue weighted by atomic mass is 10.1. The molecular formula is C11H21N3O. The fourth-order valence-corrected chi connectivity index (χ4v) is 1.81. The minimum absolute atomic E-state index is 0.122. The molecule has 2 amide bonds. The SMILES string of the molecule is C=CCNC1CCN(C(=O)N(C)C)CC1. The van der Waals surface area contributed by atoms with Gasteiger partial charge in [0.15, 0.2) is 0 Å². The highest BCUT2D eigenvalue weighted by molar-refractivity contribution is 5.73. The summed E-state index contributed by atoms with van der Waals surface area (Å²) in [6, 6.07) is 0.659.